The summed E-state index contributed by atoms with van der Waals surface area (Å²) in [6.07, 6.45) is 0. The van der Waals surface area contributed by atoms with Crippen LogP contribution in [0.4, 0.5) is 0 Å². The number of H-pyrrole nitrogens is 1. The van der Waals surface area contributed by atoms with Crippen molar-refractivity contribution in [3.8, 4) is 5.88 Å². The first kappa shape index (κ1) is 10.2. The first-order chi connectivity index (χ1) is 5.97. The predicted molar refractivity (Wildman–Crippen MR) is 53.4 cm³/mol. The molecule has 0 radical (unpaired) electrons. The van der Waals surface area contributed by atoms with Crippen molar-refractivity contribution in [1.29, 1.82) is 0 Å². The Morgan fingerprint density at radius 3 is 2.77 bits per heavy atom. The molecule has 3 nitrogen and oxygen atoms in total. The van der Waals surface area contributed by atoms with Gasteiger partial charge in [-0.2, -0.15) is 0 Å². The van der Waals surface area contributed by atoms with E-state index in [0.29, 0.717) is 10.5 Å². The topological polar surface area (TPSA) is 45.2 Å². The van der Waals surface area contributed by atoms with Crippen LogP contribution in [-0.4, -0.2) is 22.3 Å². The van der Waals surface area contributed by atoms with Crippen molar-refractivity contribution in [2.24, 2.45) is 0 Å². The lowest BCUT2D eigenvalue weighted by atomic mass is 10.2. The van der Waals surface area contributed by atoms with Gasteiger partial charge >= 0.3 is 0 Å². The fourth-order valence-electron chi connectivity index (χ4n) is 0.766. The summed E-state index contributed by atoms with van der Waals surface area (Å²) in [5.74, 6) is 0.578. The number of ether oxygens (including phenoxy) is 1. The van der Waals surface area contributed by atoms with Gasteiger partial charge in [-0.05, 0) is 26.0 Å². The maximum atomic E-state index is 9.38. The normalized spacial score (nSPS) is 11.3. The van der Waals surface area contributed by atoms with Gasteiger partial charge in [0.05, 0.1) is 5.60 Å². The first-order valence-electron chi connectivity index (χ1n) is 4.02. The lowest BCUT2D eigenvalue weighted by Crippen LogP contribution is -2.28. The van der Waals surface area contributed by atoms with Gasteiger partial charge in [-0.15, -0.1) is 0 Å². The average molecular weight is 199 g/mol. The monoisotopic (exact) mass is 199 g/mol. The number of hydrogen-bond acceptors (Lipinski definition) is 3. The Kier molecular flexibility index (Phi) is 3.06. The fourth-order valence-corrected chi connectivity index (χ4v) is 0.945. The van der Waals surface area contributed by atoms with Crippen LogP contribution in [0.2, 0.25) is 0 Å². The smallest absolute Gasteiger partial charge is 0.191 e. The molecule has 0 aliphatic heterocycles. The van der Waals surface area contributed by atoms with Gasteiger partial charge in [-0.1, -0.05) is 18.3 Å². The molecule has 1 aromatic rings. The van der Waals surface area contributed by atoms with Crippen LogP contribution < -0.4 is 4.74 Å². The minimum absolute atomic E-state index is 0.238. The van der Waals surface area contributed by atoms with E-state index >= 15 is 0 Å². The van der Waals surface area contributed by atoms with Crippen molar-refractivity contribution < 1.29 is 9.84 Å². The molecule has 0 unspecified atom stereocenters. The lowest BCUT2D eigenvalue weighted by molar-refractivity contribution is 0.0268. The molecular weight excluding hydrogens is 186 g/mol. The minimum atomic E-state index is -0.828. The van der Waals surface area contributed by atoms with Gasteiger partial charge in [-0.3, -0.25) is 0 Å². The Hall–Kier alpha value is -0.870. The number of aromatic nitrogens is 1. The third-order valence-corrected chi connectivity index (χ3v) is 1.56. The zero-order valence-corrected chi connectivity index (χ0v) is 8.52. The van der Waals surface area contributed by atoms with E-state index in [1.54, 1.807) is 32.0 Å². The molecule has 1 aromatic heterocycles. The summed E-state index contributed by atoms with van der Waals surface area (Å²) in [5, 5.41) is 9.38. The molecule has 0 aliphatic carbocycles. The van der Waals surface area contributed by atoms with Gasteiger partial charge in [0.2, 0.25) is 0 Å². The molecule has 1 rings (SSSR count). The van der Waals surface area contributed by atoms with Gasteiger partial charge in [0.25, 0.3) is 0 Å². The Labute approximate surface area is 82.4 Å². The summed E-state index contributed by atoms with van der Waals surface area (Å²) in [7, 11) is 0. The number of aromatic amines is 1. The van der Waals surface area contributed by atoms with Gasteiger partial charge < -0.3 is 14.8 Å². The van der Waals surface area contributed by atoms with E-state index < -0.39 is 5.60 Å². The molecule has 4 heteroatoms. The van der Waals surface area contributed by atoms with E-state index in [1.165, 1.54) is 0 Å². The van der Waals surface area contributed by atoms with Gasteiger partial charge in [0, 0.05) is 0 Å². The SMILES string of the molecule is CC(C)(O)COc1cccc(=S)[nH]1. The molecule has 13 heavy (non-hydrogen) atoms. The zero-order chi connectivity index (χ0) is 9.90. The average Bonchev–Trinajstić information content (AvgIpc) is 2.00. The zero-order valence-electron chi connectivity index (χ0n) is 7.70. The van der Waals surface area contributed by atoms with Crippen LogP contribution in [0.5, 0.6) is 5.88 Å². The van der Waals surface area contributed by atoms with Crippen molar-refractivity contribution in [3.63, 3.8) is 0 Å². The van der Waals surface area contributed by atoms with Crippen molar-refractivity contribution in [3.05, 3.63) is 22.8 Å². The highest BCUT2D eigenvalue weighted by Crippen LogP contribution is 2.08. The van der Waals surface area contributed by atoms with E-state index in [2.05, 4.69) is 4.98 Å². The lowest BCUT2D eigenvalue weighted by Gasteiger charge is -2.17. The maximum Gasteiger partial charge on any atom is 0.191 e. The van der Waals surface area contributed by atoms with Crippen LogP contribution in [-0.2, 0) is 0 Å². The van der Waals surface area contributed by atoms with Crippen molar-refractivity contribution in [2.45, 2.75) is 19.4 Å². The third-order valence-electron chi connectivity index (χ3n) is 1.32. The molecule has 0 amide bonds. The molecule has 0 aromatic carbocycles. The summed E-state index contributed by atoms with van der Waals surface area (Å²) in [5.41, 5.74) is -0.828. The second-order valence-corrected chi connectivity index (χ2v) is 3.92. The Morgan fingerprint density at radius 1 is 1.54 bits per heavy atom. The quantitative estimate of drug-likeness (QED) is 0.731. The predicted octanol–water partition coefficient (Wildman–Crippen LogP) is 1.89. The highest BCUT2D eigenvalue weighted by molar-refractivity contribution is 7.71. The largest absolute Gasteiger partial charge is 0.476 e. The molecular formula is C9H13NO2S. The highest BCUT2D eigenvalue weighted by Gasteiger charge is 2.13. The number of nitrogens with one attached hydrogen (secondary N) is 1. The van der Waals surface area contributed by atoms with Crippen LogP contribution >= 0.6 is 12.2 Å². The summed E-state index contributed by atoms with van der Waals surface area (Å²) in [6.45, 7) is 3.61. The fraction of sp³-hybridized carbons (Fsp3) is 0.444. The van der Waals surface area contributed by atoms with E-state index in [0.717, 1.165) is 0 Å². The Bertz CT molecular complexity index is 327. The van der Waals surface area contributed by atoms with Crippen LogP contribution in [0.3, 0.4) is 0 Å². The van der Waals surface area contributed by atoms with E-state index in [4.69, 9.17) is 17.0 Å². The first-order valence-corrected chi connectivity index (χ1v) is 4.43. The molecule has 0 spiro atoms. The number of aliphatic hydroxyl groups is 1. The van der Waals surface area contributed by atoms with Crippen LogP contribution in [0.25, 0.3) is 0 Å². The minimum Gasteiger partial charge on any atom is -0.476 e. The molecule has 2 N–H and O–H groups in total. The summed E-state index contributed by atoms with van der Waals surface area (Å²) in [4.78, 5) is 2.86. The Morgan fingerprint density at radius 2 is 2.23 bits per heavy atom. The van der Waals surface area contributed by atoms with Crippen LogP contribution in [0, 0.1) is 4.64 Å². The van der Waals surface area contributed by atoms with E-state index in [-0.39, 0.29) is 6.61 Å². The number of hydrogen-bond donors (Lipinski definition) is 2. The number of rotatable bonds is 3. The van der Waals surface area contributed by atoms with Gasteiger partial charge in [0.15, 0.2) is 5.88 Å². The molecule has 0 saturated heterocycles. The Balaban J connectivity index is 2.60. The summed E-state index contributed by atoms with van der Waals surface area (Å²) < 4.78 is 5.90. The summed E-state index contributed by atoms with van der Waals surface area (Å²) in [6, 6.07) is 5.34. The second kappa shape index (κ2) is 3.89. The van der Waals surface area contributed by atoms with Gasteiger partial charge in [-0.25, -0.2) is 0 Å². The third kappa shape index (κ3) is 4.05. The van der Waals surface area contributed by atoms with Crippen molar-refractivity contribution >= 4 is 12.2 Å². The molecule has 0 bridgehead atoms. The van der Waals surface area contributed by atoms with Gasteiger partial charge in [0.1, 0.15) is 11.2 Å². The van der Waals surface area contributed by atoms with Crippen molar-refractivity contribution in [2.75, 3.05) is 6.61 Å². The van der Waals surface area contributed by atoms with Crippen LogP contribution in [0.15, 0.2) is 18.2 Å². The van der Waals surface area contributed by atoms with Crippen molar-refractivity contribution in [1.82, 2.24) is 4.98 Å². The van der Waals surface area contributed by atoms with Crippen LogP contribution in [0.1, 0.15) is 13.8 Å². The molecule has 0 fully saturated rings. The highest BCUT2D eigenvalue weighted by atomic mass is 32.1. The number of pyridine rings is 1. The van der Waals surface area contributed by atoms with E-state index in [1.807, 2.05) is 0 Å². The van der Waals surface area contributed by atoms with E-state index in [9.17, 15) is 5.11 Å². The molecule has 0 aliphatic rings. The molecule has 0 atom stereocenters. The molecule has 1 heterocycles. The second-order valence-electron chi connectivity index (χ2n) is 3.48. The standard InChI is InChI=1S/C9H13NO2S/c1-9(2,11)6-12-7-4-3-5-8(13)10-7/h3-5,11H,6H2,1-2H3,(H,10,13). The summed E-state index contributed by atoms with van der Waals surface area (Å²) >= 11 is 4.91. The molecule has 0 saturated carbocycles. The molecule has 72 valence electrons. The maximum absolute atomic E-state index is 9.38.